The van der Waals surface area contributed by atoms with E-state index in [0.717, 1.165) is 25.7 Å². The molecule has 0 heterocycles. The first kappa shape index (κ1) is 16.7. The molecule has 0 atom stereocenters. The van der Waals surface area contributed by atoms with Crippen molar-refractivity contribution >= 4 is 17.5 Å². The third kappa shape index (κ3) is 6.68. The lowest BCUT2D eigenvalue weighted by molar-refractivity contribution is -0.126. The summed E-state index contributed by atoms with van der Waals surface area (Å²) >= 11 is 0. The molecule has 5 nitrogen and oxygen atoms in total. The van der Waals surface area contributed by atoms with Gasteiger partial charge in [-0.1, -0.05) is 33.1 Å². The van der Waals surface area contributed by atoms with Crippen LogP contribution in [0, 0.1) is 11.8 Å². The number of nitrogens with zero attached hydrogens (tertiary/aromatic N) is 1. The van der Waals surface area contributed by atoms with Gasteiger partial charge >= 0.3 is 0 Å². The molecule has 1 saturated carbocycles. The Balaban J connectivity index is 2.29. The first-order valence-electron chi connectivity index (χ1n) is 7.58. The Morgan fingerprint density at radius 3 is 2.45 bits per heavy atom. The van der Waals surface area contributed by atoms with Crippen LogP contribution in [0.5, 0.6) is 0 Å². The normalized spacial score (nSPS) is 17.1. The van der Waals surface area contributed by atoms with E-state index in [4.69, 9.17) is 0 Å². The Hall–Kier alpha value is -1.39. The minimum atomic E-state index is -0.0492. The molecule has 0 aliphatic heterocycles. The summed E-state index contributed by atoms with van der Waals surface area (Å²) in [6.45, 7) is 6.52. The van der Waals surface area contributed by atoms with Crippen LogP contribution in [-0.2, 0) is 9.59 Å². The second-order valence-corrected chi connectivity index (χ2v) is 6.03. The van der Waals surface area contributed by atoms with E-state index < -0.39 is 0 Å². The maximum atomic E-state index is 11.9. The number of rotatable bonds is 6. The summed E-state index contributed by atoms with van der Waals surface area (Å²) in [4.78, 5) is 23.5. The molecule has 0 radical (unpaired) electrons. The van der Waals surface area contributed by atoms with Crippen molar-refractivity contribution in [2.75, 3.05) is 6.54 Å². The highest BCUT2D eigenvalue weighted by atomic mass is 16.2. The molecule has 0 aromatic heterocycles. The Kier molecular flexibility index (Phi) is 7.26. The topological polar surface area (TPSA) is 70.6 Å². The number of carbonyl (C=O) groups is 2. The van der Waals surface area contributed by atoms with Gasteiger partial charge in [0.05, 0.1) is 6.42 Å². The van der Waals surface area contributed by atoms with Crippen molar-refractivity contribution < 1.29 is 9.59 Å². The molecular formula is C15H27N3O2. The van der Waals surface area contributed by atoms with Crippen LogP contribution in [0.4, 0.5) is 0 Å². The first-order valence-corrected chi connectivity index (χ1v) is 7.58. The quantitative estimate of drug-likeness (QED) is 0.579. The lowest BCUT2D eigenvalue weighted by Gasteiger charge is -2.19. The van der Waals surface area contributed by atoms with Gasteiger partial charge in [-0.2, -0.15) is 5.10 Å². The van der Waals surface area contributed by atoms with Gasteiger partial charge in [0.15, 0.2) is 0 Å². The van der Waals surface area contributed by atoms with Crippen molar-refractivity contribution in [1.29, 1.82) is 0 Å². The van der Waals surface area contributed by atoms with Crippen LogP contribution in [-0.4, -0.2) is 24.1 Å². The van der Waals surface area contributed by atoms with Crippen LogP contribution < -0.4 is 10.7 Å². The molecule has 2 N–H and O–H groups in total. The molecular weight excluding hydrogens is 254 g/mol. The zero-order valence-electron chi connectivity index (χ0n) is 12.9. The molecule has 2 amide bonds. The molecule has 1 fully saturated rings. The SMILES string of the molecule is C/C(CC(=O)NCC(C)C)=N\NC(=O)C1CCCCC1. The number of amides is 2. The molecule has 0 unspecified atom stereocenters. The maximum absolute atomic E-state index is 11.9. The predicted molar refractivity (Wildman–Crippen MR) is 80.3 cm³/mol. The number of carbonyl (C=O) groups excluding carboxylic acids is 2. The van der Waals surface area contributed by atoms with Crippen LogP contribution in [0.15, 0.2) is 5.10 Å². The van der Waals surface area contributed by atoms with Crippen LogP contribution in [0.3, 0.4) is 0 Å². The molecule has 114 valence electrons. The van der Waals surface area contributed by atoms with E-state index in [-0.39, 0.29) is 24.2 Å². The smallest absolute Gasteiger partial charge is 0.243 e. The number of hydrogen-bond acceptors (Lipinski definition) is 3. The average molecular weight is 281 g/mol. The monoisotopic (exact) mass is 281 g/mol. The van der Waals surface area contributed by atoms with Gasteiger partial charge in [-0.25, -0.2) is 5.43 Å². The molecule has 0 aromatic rings. The lowest BCUT2D eigenvalue weighted by atomic mass is 9.89. The highest BCUT2D eigenvalue weighted by Crippen LogP contribution is 2.23. The summed E-state index contributed by atoms with van der Waals surface area (Å²) in [5.74, 6) is 0.468. The van der Waals surface area contributed by atoms with Gasteiger partial charge in [0.2, 0.25) is 11.8 Å². The van der Waals surface area contributed by atoms with Crippen LogP contribution in [0.25, 0.3) is 0 Å². The molecule has 0 aromatic carbocycles. The lowest BCUT2D eigenvalue weighted by Crippen LogP contribution is -2.31. The maximum Gasteiger partial charge on any atom is 0.243 e. The Bertz CT molecular complexity index is 358. The minimum absolute atomic E-state index is 0.00774. The fourth-order valence-electron chi connectivity index (χ4n) is 2.26. The predicted octanol–water partition coefficient (Wildman–Crippen LogP) is 2.22. The summed E-state index contributed by atoms with van der Waals surface area (Å²) in [7, 11) is 0. The third-order valence-corrected chi connectivity index (χ3v) is 3.46. The molecule has 1 aliphatic rings. The van der Waals surface area contributed by atoms with Gasteiger partial charge in [-0.15, -0.1) is 0 Å². The highest BCUT2D eigenvalue weighted by molar-refractivity contribution is 6.00. The van der Waals surface area contributed by atoms with Gasteiger partial charge in [-0.05, 0) is 25.7 Å². The van der Waals surface area contributed by atoms with Gasteiger partial charge in [0.1, 0.15) is 0 Å². The van der Waals surface area contributed by atoms with E-state index >= 15 is 0 Å². The van der Waals surface area contributed by atoms with Gasteiger partial charge in [0.25, 0.3) is 0 Å². The Labute approximate surface area is 121 Å². The van der Waals surface area contributed by atoms with Crippen LogP contribution in [0.1, 0.15) is 59.3 Å². The number of hydrogen-bond donors (Lipinski definition) is 2. The largest absolute Gasteiger partial charge is 0.356 e. The van der Waals surface area contributed by atoms with Crippen molar-refractivity contribution in [3.8, 4) is 0 Å². The molecule has 0 spiro atoms. The average Bonchev–Trinajstić information content (AvgIpc) is 2.43. The van der Waals surface area contributed by atoms with Gasteiger partial charge in [-0.3, -0.25) is 9.59 Å². The van der Waals surface area contributed by atoms with E-state index in [9.17, 15) is 9.59 Å². The summed E-state index contributed by atoms with van der Waals surface area (Å²) in [5.41, 5.74) is 3.23. The fourth-order valence-corrected chi connectivity index (χ4v) is 2.26. The molecule has 5 heteroatoms. The third-order valence-electron chi connectivity index (χ3n) is 3.46. The van der Waals surface area contributed by atoms with E-state index in [2.05, 4.69) is 15.8 Å². The van der Waals surface area contributed by atoms with Crippen LogP contribution >= 0.6 is 0 Å². The number of hydrazone groups is 1. The molecule has 1 rings (SSSR count). The summed E-state index contributed by atoms with van der Waals surface area (Å²) < 4.78 is 0. The van der Waals surface area contributed by atoms with Crippen molar-refractivity contribution in [2.45, 2.75) is 59.3 Å². The standard InChI is InChI=1S/C15H27N3O2/c1-11(2)10-16-14(19)9-12(3)17-18-15(20)13-7-5-4-6-8-13/h11,13H,4-10H2,1-3H3,(H,16,19)(H,18,20)/b17-12+. The summed E-state index contributed by atoms with van der Waals surface area (Å²) in [5, 5.41) is 6.85. The van der Waals surface area contributed by atoms with Gasteiger partial charge < -0.3 is 5.32 Å². The van der Waals surface area contributed by atoms with E-state index in [1.54, 1.807) is 6.92 Å². The zero-order valence-corrected chi connectivity index (χ0v) is 12.9. The fraction of sp³-hybridized carbons (Fsp3) is 0.800. The first-order chi connectivity index (χ1) is 9.49. The van der Waals surface area contributed by atoms with Crippen molar-refractivity contribution in [3.05, 3.63) is 0 Å². The second kappa shape index (κ2) is 8.72. The zero-order chi connectivity index (χ0) is 15.0. The molecule has 0 saturated heterocycles. The highest BCUT2D eigenvalue weighted by Gasteiger charge is 2.20. The Morgan fingerprint density at radius 1 is 1.20 bits per heavy atom. The van der Waals surface area contributed by atoms with Gasteiger partial charge in [0, 0.05) is 18.2 Å². The molecule has 20 heavy (non-hydrogen) atoms. The van der Waals surface area contributed by atoms with E-state index in [0.29, 0.717) is 18.2 Å². The van der Waals surface area contributed by atoms with E-state index in [1.807, 2.05) is 13.8 Å². The van der Waals surface area contributed by atoms with Crippen molar-refractivity contribution in [3.63, 3.8) is 0 Å². The number of nitrogens with one attached hydrogen (secondary N) is 2. The molecule has 1 aliphatic carbocycles. The molecule has 0 bridgehead atoms. The minimum Gasteiger partial charge on any atom is -0.356 e. The van der Waals surface area contributed by atoms with Crippen molar-refractivity contribution in [1.82, 2.24) is 10.7 Å². The van der Waals surface area contributed by atoms with E-state index in [1.165, 1.54) is 6.42 Å². The van der Waals surface area contributed by atoms with Crippen molar-refractivity contribution in [2.24, 2.45) is 16.9 Å². The Morgan fingerprint density at radius 2 is 1.85 bits per heavy atom. The summed E-state index contributed by atoms with van der Waals surface area (Å²) in [6, 6.07) is 0. The van der Waals surface area contributed by atoms with Crippen LogP contribution in [0.2, 0.25) is 0 Å². The summed E-state index contributed by atoms with van der Waals surface area (Å²) in [6.07, 6.45) is 5.61. The second-order valence-electron chi connectivity index (χ2n) is 6.03.